The summed E-state index contributed by atoms with van der Waals surface area (Å²) in [5.74, 6) is 0.918. The van der Waals surface area contributed by atoms with Crippen molar-refractivity contribution < 1.29 is 20.1 Å². The van der Waals surface area contributed by atoms with Crippen molar-refractivity contribution in [1.82, 2.24) is 19.5 Å². The normalized spacial score (nSPS) is 28.4. The lowest BCUT2D eigenvalue weighted by atomic mass is 10.1. The van der Waals surface area contributed by atoms with E-state index in [2.05, 4.69) is 20.3 Å². The predicted octanol–water partition coefficient (Wildman–Crippen LogP) is -2.06. The molecule has 0 amide bonds. The monoisotopic (exact) mass is 310 g/mol. The Morgan fingerprint density at radius 3 is 2.73 bits per heavy atom. The number of aliphatic hydroxyl groups is 3. The van der Waals surface area contributed by atoms with Gasteiger partial charge in [-0.2, -0.15) is 0 Å². The molecule has 2 aromatic heterocycles. The molecule has 2 aromatic rings. The Kier molecular flexibility index (Phi) is 3.93. The molecule has 22 heavy (non-hydrogen) atoms. The van der Waals surface area contributed by atoms with E-state index < -0.39 is 31.1 Å². The van der Waals surface area contributed by atoms with E-state index in [-0.39, 0.29) is 6.54 Å². The van der Waals surface area contributed by atoms with E-state index in [0.717, 1.165) is 0 Å². The van der Waals surface area contributed by atoms with Gasteiger partial charge in [-0.25, -0.2) is 15.0 Å². The van der Waals surface area contributed by atoms with Gasteiger partial charge < -0.3 is 31.1 Å². The molecule has 1 aliphatic rings. The highest BCUT2D eigenvalue weighted by molar-refractivity contribution is 5.83. The number of rotatable bonds is 4. The van der Waals surface area contributed by atoms with Crippen LogP contribution in [0.3, 0.4) is 0 Å². The summed E-state index contributed by atoms with van der Waals surface area (Å²) in [6.07, 6.45) is -2.71. The van der Waals surface area contributed by atoms with Gasteiger partial charge in [0.05, 0.1) is 19.5 Å². The lowest BCUT2D eigenvalue weighted by Gasteiger charge is -2.16. The minimum Gasteiger partial charge on any atom is -0.394 e. The Labute approximate surface area is 125 Å². The van der Waals surface area contributed by atoms with Crippen LogP contribution in [-0.2, 0) is 11.3 Å². The Bertz CT molecular complexity index is 677. The number of nitrogens with one attached hydrogen (secondary N) is 1. The van der Waals surface area contributed by atoms with Crippen molar-refractivity contribution in [2.24, 2.45) is 5.73 Å². The van der Waals surface area contributed by atoms with Gasteiger partial charge in [0, 0.05) is 7.05 Å². The van der Waals surface area contributed by atoms with E-state index in [1.807, 2.05) is 0 Å². The number of nitrogens with two attached hydrogens (primary N) is 1. The fourth-order valence-electron chi connectivity index (χ4n) is 2.52. The van der Waals surface area contributed by atoms with Gasteiger partial charge in [0.1, 0.15) is 24.1 Å². The number of aromatic nitrogens is 4. The zero-order valence-corrected chi connectivity index (χ0v) is 11.9. The summed E-state index contributed by atoms with van der Waals surface area (Å²) in [5, 5.41) is 32.1. The van der Waals surface area contributed by atoms with Crippen LogP contribution < -0.4 is 11.1 Å². The first-order valence-electron chi connectivity index (χ1n) is 6.84. The summed E-state index contributed by atoms with van der Waals surface area (Å²) in [6.45, 7) is -0.252. The van der Waals surface area contributed by atoms with E-state index in [1.54, 1.807) is 7.05 Å². The van der Waals surface area contributed by atoms with Crippen molar-refractivity contribution in [3.8, 4) is 0 Å². The number of ether oxygens (including phenoxy) is 1. The number of nitrogens with zero attached hydrogens (tertiary/aromatic N) is 4. The molecular formula is C12H18N6O4. The fraction of sp³-hybridized carbons (Fsp3) is 0.583. The van der Waals surface area contributed by atoms with Crippen LogP contribution in [0, 0.1) is 0 Å². The van der Waals surface area contributed by atoms with E-state index in [1.165, 1.54) is 10.9 Å². The van der Waals surface area contributed by atoms with Gasteiger partial charge in [-0.05, 0) is 0 Å². The number of hydrogen-bond donors (Lipinski definition) is 5. The molecule has 0 bridgehead atoms. The van der Waals surface area contributed by atoms with Crippen molar-refractivity contribution in [3.63, 3.8) is 0 Å². The average Bonchev–Trinajstić information content (AvgIpc) is 3.08. The number of fused-ring (bicyclic) bond motifs is 1. The first kappa shape index (κ1) is 15.1. The third-order valence-corrected chi connectivity index (χ3v) is 3.68. The summed E-state index contributed by atoms with van der Waals surface area (Å²) >= 11 is 0. The average molecular weight is 310 g/mol. The molecule has 0 saturated carbocycles. The van der Waals surface area contributed by atoms with Gasteiger partial charge >= 0.3 is 0 Å². The van der Waals surface area contributed by atoms with Crippen LogP contribution in [-0.4, -0.2) is 66.8 Å². The SMILES string of the molecule is CNc1nc(CN)nc2c1ncn2C1OC(CO)C(O)C1O. The van der Waals surface area contributed by atoms with Crippen LogP contribution in [0.25, 0.3) is 11.2 Å². The number of anilines is 1. The summed E-state index contributed by atoms with van der Waals surface area (Å²) in [4.78, 5) is 12.8. The molecule has 3 rings (SSSR count). The third-order valence-electron chi connectivity index (χ3n) is 3.68. The quantitative estimate of drug-likeness (QED) is 0.429. The maximum atomic E-state index is 10.1. The summed E-state index contributed by atoms with van der Waals surface area (Å²) in [7, 11) is 1.70. The molecule has 0 aromatic carbocycles. The molecule has 10 nitrogen and oxygen atoms in total. The maximum absolute atomic E-state index is 10.1. The van der Waals surface area contributed by atoms with Crippen LogP contribution in [0.2, 0.25) is 0 Å². The topological polar surface area (TPSA) is 152 Å². The van der Waals surface area contributed by atoms with Gasteiger partial charge in [0.2, 0.25) is 0 Å². The van der Waals surface area contributed by atoms with Crippen LogP contribution in [0.4, 0.5) is 5.82 Å². The fourth-order valence-corrected chi connectivity index (χ4v) is 2.52. The molecule has 0 aliphatic carbocycles. The van der Waals surface area contributed by atoms with Crippen molar-refractivity contribution in [2.45, 2.75) is 31.1 Å². The Morgan fingerprint density at radius 1 is 1.36 bits per heavy atom. The molecule has 120 valence electrons. The van der Waals surface area contributed by atoms with Crippen LogP contribution in [0.1, 0.15) is 12.1 Å². The molecule has 1 saturated heterocycles. The highest BCUT2D eigenvalue weighted by Gasteiger charge is 2.44. The maximum Gasteiger partial charge on any atom is 0.168 e. The molecule has 1 fully saturated rings. The molecule has 0 spiro atoms. The van der Waals surface area contributed by atoms with Gasteiger partial charge in [-0.3, -0.25) is 4.57 Å². The minimum absolute atomic E-state index is 0.145. The second-order valence-electron chi connectivity index (χ2n) is 5.00. The zero-order valence-electron chi connectivity index (χ0n) is 11.9. The first-order chi connectivity index (χ1) is 10.6. The highest BCUT2D eigenvalue weighted by Crippen LogP contribution is 2.32. The number of hydrogen-bond acceptors (Lipinski definition) is 9. The molecule has 0 radical (unpaired) electrons. The zero-order chi connectivity index (χ0) is 15.9. The molecule has 3 heterocycles. The second-order valence-corrected chi connectivity index (χ2v) is 5.00. The van der Waals surface area contributed by atoms with Crippen molar-refractivity contribution in [1.29, 1.82) is 0 Å². The Hall–Kier alpha value is -1.85. The van der Waals surface area contributed by atoms with E-state index in [0.29, 0.717) is 22.8 Å². The molecular weight excluding hydrogens is 292 g/mol. The predicted molar refractivity (Wildman–Crippen MR) is 75.8 cm³/mol. The molecule has 10 heteroatoms. The molecule has 6 N–H and O–H groups in total. The number of imidazole rings is 1. The van der Waals surface area contributed by atoms with E-state index in [9.17, 15) is 15.3 Å². The van der Waals surface area contributed by atoms with Gasteiger partial charge in [-0.1, -0.05) is 0 Å². The third kappa shape index (κ3) is 2.21. The van der Waals surface area contributed by atoms with Crippen molar-refractivity contribution in [2.75, 3.05) is 19.0 Å². The van der Waals surface area contributed by atoms with Crippen LogP contribution in [0.5, 0.6) is 0 Å². The van der Waals surface area contributed by atoms with E-state index >= 15 is 0 Å². The largest absolute Gasteiger partial charge is 0.394 e. The lowest BCUT2D eigenvalue weighted by Crippen LogP contribution is -2.33. The minimum atomic E-state index is -1.20. The lowest BCUT2D eigenvalue weighted by molar-refractivity contribution is -0.0511. The highest BCUT2D eigenvalue weighted by atomic mass is 16.6. The Morgan fingerprint density at radius 2 is 2.14 bits per heavy atom. The summed E-state index contributed by atoms with van der Waals surface area (Å²) < 4.78 is 7.00. The molecule has 4 atom stereocenters. The Balaban J connectivity index is 2.08. The number of aliphatic hydroxyl groups excluding tert-OH is 3. The first-order valence-corrected chi connectivity index (χ1v) is 6.84. The van der Waals surface area contributed by atoms with Gasteiger partial charge in [0.15, 0.2) is 23.2 Å². The summed E-state index contributed by atoms with van der Waals surface area (Å²) in [6, 6.07) is 0. The standard InChI is InChI=1S/C12H18N6O4/c1-14-10-7-11(17-6(2-13)16-10)18(4-15-7)12-9(21)8(20)5(3-19)22-12/h4-5,8-9,12,19-21H,2-3,13H2,1H3,(H,14,16,17). The van der Waals surface area contributed by atoms with Crippen molar-refractivity contribution >= 4 is 17.0 Å². The summed E-state index contributed by atoms with van der Waals surface area (Å²) in [5.41, 5.74) is 6.52. The van der Waals surface area contributed by atoms with Gasteiger partial charge in [-0.15, -0.1) is 0 Å². The molecule has 4 unspecified atom stereocenters. The van der Waals surface area contributed by atoms with Crippen molar-refractivity contribution in [3.05, 3.63) is 12.2 Å². The smallest absolute Gasteiger partial charge is 0.168 e. The second kappa shape index (κ2) is 5.74. The van der Waals surface area contributed by atoms with E-state index in [4.69, 9.17) is 10.5 Å². The van der Waals surface area contributed by atoms with Crippen LogP contribution >= 0.6 is 0 Å². The van der Waals surface area contributed by atoms with Gasteiger partial charge in [0.25, 0.3) is 0 Å². The van der Waals surface area contributed by atoms with Crippen LogP contribution in [0.15, 0.2) is 6.33 Å². The molecule has 1 aliphatic heterocycles.